The number of hydrogen-bond donors (Lipinski definition) is 0. The van der Waals surface area contributed by atoms with Crippen molar-refractivity contribution in [2.45, 2.75) is 57.8 Å². The second-order valence-electron chi connectivity index (χ2n) is 41.9. The van der Waals surface area contributed by atoms with Crippen LogP contribution in [0.4, 0.5) is 0 Å². The molecule has 0 bridgehead atoms. The summed E-state index contributed by atoms with van der Waals surface area (Å²) >= 11 is 0. The Kier molecular flexibility index (Phi) is 16.1. The predicted molar refractivity (Wildman–Crippen MR) is 609 cm³/mol. The predicted octanol–water partition coefficient (Wildman–Crippen LogP) is 35.2. The second-order valence-corrected chi connectivity index (χ2v) is 41.9. The maximum absolute atomic E-state index is 5.24. The van der Waals surface area contributed by atoms with Crippen LogP contribution < -0.4 is 0 Å². The van der Waals surface area contributed by atoms with Crippen LogP contribution in [0, 0.1) is 0 Å². The van der Waals surface area contributed by atoms with Crippen molar-refractivity contribution in [3.8, 4) is 50.4 Å². The molecule has 145 heavy (non-hydrogen) atoms. The number of rotatable bonds is 3. The molecule has 3 aliphatic carbocycles. The van der Waals surface area contributed by atoms with Gasteiger partial charge in [0, 0.05) is 115 Å². The van der Waals surface area contributed by atoms with Crippen molar-refractivity contribution >= 4 is 224 Å². The molecule has 0 amide bonds. The van der Waals surface area contributed by atoms with Gasteiger partial charge in [0.25, 0.3) is 0 Å². The molecule has 31 aromatic rings. The zero-order chi connectivity index (χ0) is 95.6. The van der Waals surface area contributed by atoms with E-state index in [2.05, 4.69) is 499 Å². The fraction of sp³-hybridized carbons (Fsp3) is 0.0662. The molecule has 0 fully saturated rings. The van der Waals surface area contributed by atoms with Crippen LogP contribution in [0.1, 0.15) is 74.9 Å². The molecule has 0 saturated carbocycles. The standard InChI is InChI=1S/C48H31N3.2C44H29N3/c1-48(2)36-17-7-5-15-33(36)46-43-29(13-11-18-37(43)48)26-42-45(46)34-16-6-9-20-39(34)50(42)30-23-25-40-35(27-30)32-24-22-28-12-3-4-14-31(28)44(32)47-49-38-19-8-10-21-41(38)51(40)47;1-44(2)33-16-6-3-14-30(33)42-40-26(12-11-17-34(40)44)24-39-41(42)31-15-5-9-20-37(31)46(39)27-22-23-28-29-13-4-8-19-36(29)47-38-21-10-7-18-35(38)45-43(47)32(28)25-27;1-44(2)33-16-6-3-14-30(33)42-40-26(12-11-17-34(40)44)24-39-41(42)31-15-5-9-20-37(31)46(39)27-22-23-29-32(25-27)28-13-4-8-19-36(28)47-38-21-10-7-18-35(38)45-43(29)47/h3-27H,1-2H3;2*3-25H,1-2H3. The average Bonchev–Trinajstić information content (AvgIpc) is 1.58. The molecule has 9 nitrogen and oxygen atoms in total. The third-order valence-electron chi connectivity index (χ3n) is 33.5. The number of pyridine rings is 3. The molecular weight excluding hydrogens is 1760 g/mol. The summed E-state index contributed by atoms with van der Waals surface area (Å²) in [5.74, 6) is 0. The summed E-state index contributed by atoms with van der Waals surface area (Å²) in [5.41, 5.74) is 39.9. The molecule has 9 heterocycles. The van der Waals surface area contributed by atoms with E-state index in [0.29, 0.717) is 0 Å². The highest BCUT2D eigenvalue weighted by Crippen LogP contribution is 2.59. The van der Waals surface area contributed by atoms with Crippen molar-refractivity contribution < 1.29 is 0 Å². The van der Waals surface area contributed by atoms with Crippen molar-refractivity contribution in [3.63, 3.8) is 0 Å². The molecule has 0 N–H and O–H groups in total. The molecule has 0 atom stereocenters. The first-order chi connectivity index (χ1) is 71.3. The monoisotopic (exact) mass is 1850 g/mol. The Hall–Kier alpha value is -18.3. The van der Waals surface area contributed by atoms with Crippen LogP contribution in [0.15, 0.2) is 431 Å². The molecule has 34 rings (SSSR count). The molecular formula is C136H89N9. The highest BCUT2D eigenvalue weighted by molar-refractivity contribution is 6.31. The number of imidazole rings is 3. The molecule has 22 aromatic carbocycles. The Labute approximate surface area is 831 Å². The van der Waals surface area contributed by atoms with Gasteiger partial charge in [-0.1, -0.05) is 339 Å². The van der Waals surface area contributed by atoms with Gasteiger partial charge >= 0.3 is 0 Å². The van der Waals surface area contributed by atoms with Gasteiger partial charge in [-0.25, -0.2) is 15.0 Å². The minimum absolute atomic E-state index is 0.0858. The summed E-state index contributed by atoms with van der Waals surface area (Å²) in [6.07, 6.45) is 0. The van der Waals surface area contributed by atoms with Crippen LogP contribution in [0.5, 0.6) is 0 Å². The zero-order valence-corrected chi connectivity index (χ0v) is 80.5. The SMILES string of the molecule is CC1(C)c2ccccc2-c2c3c1cccc3cc1c2c2ccccc2n1-c1ccc2c(c1)c1ccc3ccccc3c1c1nc3ccccc3n21.CC1(C)c2ccccc2-c2c3c1cccc3cc1c2c2ccccc2n1-c1ccc2c(c1)c1ccccc1n1c3ccccc3nc21.CC1(C)c2ccccc2-c2c3c1cccc3cc1c2c2ccccc2n1-c1ccc2c3ccccc3n3c4ccccc4nc3c2c1. The van der Waals surface area contributed by atoms with Gasteiger partial charge in [0.05, 0.1) is 82.8 Å². The fourth-order valence-electron chi connectivity index (χ4n) is 27.2. The van der Waals surface area contributed by atoms with Crippen LogP contribution in [0.25, 0.3) is 274 Å². The first-order valence-corrected chi connectivity index (χ1v) is 50.6. The second kappa shape index (κ2) is 29.0. The summed E-state index contributed by atoms with van der Waals surface area (Å²) in [7, 11) is 0. The van der Waals surface area contributed by atoms with Gasteiger partial charge in [-0.15, -0.1) is 0 Å². The number of aromatic nitrogens is 9. The van der Waals surface area contributed by atoms with E-state index in [4.69, 9.17) is 15.0 Å². The summed E-state index contributed by atoms with van der Waals surface area (Å²) < 4.78 is 14.5. The minimum atomic E-state index is -0.0957. The summed E-state index contributed by atoms with van der Waals surface area (Å²) in [4.78, 5) is 15.6. The van der Waals surface area contributed by atoms with Crippen LogP contribution in [0.2, 0.25) is 0 Å². The van der Waals surface area contributed by atoms with Crippen LogP contribution in [-0.2, 0) is 16.2 Å². The molecule has 0 saturated heterocycles. The van der Waals surface area contributed by atoms with Crippen LogP contribution in [-0.4, -0.2) is 41.9 Å². The van der Waals surface area contributed by atoms with Gasteiger partial charge in [-0.2, -0.15) is 0 Å². The number of para-hydroxylation sites is 11. The third kappa shape index (κ3) is 10.7. The van der Waals surface area contributed by atoms with E-state index in [-0.39, 0.29) is 16.2 Å². The van der Waals surface area contributed by atoms with Crippen molar-refractivity contribution in [2.24, 2.45) is 0 Å². The van der Waals surface area contributed by atoms with Crippen molar-refractivity contribution in [3.05, 3.63) is 464 Å². The smallest absolute Gasteiger partial charge is 0.147 e. The van der Waals surface area contributed by atoms with E-state index in [1.807, 2.05) is 0 Å². The van der Waals surface area contributed by atoms with Gasteiger partial charge in [0.15, 0.2) is 0 Å². The van der Waals surface area contributed by atoms with Crippen molar-refractivity contribution in [1.29, 1.82) is 0 Å². The maximum atomic E-state index is 5.24. The lowest BCUT2D eigenvalue weighted by Gasteiger charge is -2.35. The van der Waals surface area contributed by atoms with Gasteiger partial charge in [0.1, 0.15) is 16.9 Å². The molecule has 0 radical (unpaired) electrons. The van der Waals surface area contributed by atoms with E-state index in [1.54, 1.807) is 0 Å². The Bertz CT molecular complexity index is 11300. The molecule has 0 spiro atoms. The number of benzene rings is 22. The lowest BCUT2D eigenvalue weighted by Crippen LogP contribution is -2.23. The molecule has 9 aromatic heterocycles. The van der Waals surface area contributed by atoms with Crippen molar-refractivity contribution in [1.82, 2.24) is 41.9 Å². The van der Waals surface area contributed by atoms with Crippen LogP contribution in [0.3, 0.4) is 0 Å². The number of fused-ring (bicyclic) bond motifs is 44. The lowest BCUT2D eigenvalue weighted by molar-refractivity contribution is 0.645. The van der Waals surface area contributed by atoms with E-state index >= 15 is 0 Å². The van der Waals surface area contributed by atoms with E-state index < -0.39 is 0 Å². The third-order valence-corrected chi connectivity index (χ3v) is 33.5. The molecule has 9 heteroatoms. The van der Waals surface area contributed by atoms with E-state index in [0.717, 1.165) is 83.4 Å². The fourth-order valence-corrected chi connectivity index (χ4v) is 27.2. The van der Waals surface area contributed by atoms with Gasteiger partial charge in [-0.05, 0) is 243 Å². The molecule has 678 valence electrons. The largest absolute Gasteiger partial charge is 0.309 e. The summed E-state index contributed by atoms with van der Waals surface area (Å²) in [6.45, 7) is 14.2. The summed E-state index contributed by atoms with van der Waals surface area (Å²) in [5, 5.41) is 29.0. The van der Waals surface area contributed by atoms with Crippen LogP contribution >= 0.6 is 0 Å². The molecule has 3 aliphatic rings. The topological polar surface area (TPSA) is 66.7 Å². The lowest BCUT2D eigenvalue weighted by atomic mass is 9.68. The average molecular weight is 1850 g/mol. The van der Waals surface area contributed by atoms with Gasteiger partial charge in [-0.3, -0.25) is 13.2 Å². The first-order valence-electron chi connectivity index (χ1n) is 50.6. The van der Waals surface area contributed by atoms with Gasteiger partial charge < -0.3 is 13.7 Å². The normalized spacial score (nSPS) is 13.9. The van der Waals surface area contributed by atoms with Crippen molar-refractivity contribution in [2.75, 3.05) is 0 Å². The Morgan fingerprint density at radius 3 is 0.917 bits per heavy atom. The highest BCUT2D eigenvalue weighted by atomic mass is 15.1. The first kappa shape index (κ1) is 80.5. The molecule has 0 aliphatic heterocycles. The Morgan fingerprint density at radius 1 is 0.166 bits per heavy atom. The maximum Gasteiger partial charge on any atom is 0.147 e. The van der Waals surface area contributed by atoms with Gasteiger partial charge in [0.2, 0.25) is 0 Å². The van der Waals surface area contributed by atoms with E-state index in [9.17, 15) is 0 Å². The Balaban J connectivity index is 0.0000000972. The number of nitrogens with zero attached hydrogens (tertiary/aromatic N) is 9. The van der Waals surface area contributed by atoms with E-state index in [1.165, 1.54) is 224 Å². The molecule has 0 unspecified atom stereocenters. The highest BCUT2D eigenvalue weighted by Gasteiger charge is 2.40. The quantitative estimate of drug-likeness (QED) is 0.166. The Morgan fingerprint density at radius 2 is 0.469 bits per heavy atom. The minimum Gasteiger partial charge on any atom is -0.309 e. The zero-order valence-electron chi connectivity index (χ0n) is 80.5. The number of hydrogen-bond acceptors (Lipinski definition) is 3. The summed E-state index contributed by atoms with van der Waals surface area (Å²) in [6, 6.07) is 159.